The van der Waals surface area contributed by atoms with Crippen LogP contribution < -0.4 is 5.73 Å². The molecule has 0 aliphatic heterocycles. The van der Waals surface area contributed by atoms with Crippen LogP contribution in [0.4, 0.5) is 0 Å². The summed E-state index contributed by atoms with van der Waals surface area (Å²) in [4.78, 5) is 29.8. The maximum Gasteiger partial charge on any atom is 0.350 e. The molecule has 0 spiro atoms. The Kier molecular flexibility index (Phi) is 4.99. The highest BCUT2D eigenvalue weighted by Crippen LogP contribution is 2.34. The van der Waals surface area contributed by atoms with E-state index in [1.54, 1.807) is 4.57 Å². The highest BCUT2D eigenvalue weighted by molar-refractivity contribution is 7.51. The number of aromatic nitrogens is 4. The standard InChI is InChI=1S/C10H16N5O5P/c11-1-8-9-10(13-4-12-8)15(5-14-9)2-7(3-16)20-6-21(17,18)19/h4-5,7,16H,1-3,6,11H2,(H2,17,18,19). The number of nitrogens with two attached hydrogens (primary N) is 1. The second-order valence-corrected chi connectivity index (χ2v) is 5.95. The molecule has 11 heteroatoms. The molecule has 0 radical (unpaired) electrons. The molecule has 2 aromatic heterocycles. The van der Waals surface area contributed by atoms with Gasteiger partial charge in [-0.05, 0) is 0 Å². The molecular weight excluding hydrogens is 301 g/mol. The van der Waals surface area contributed by atoms with Gasteiger partial charge in [0.2, 0.25) is 0 Å². The van der Waals surface area contributed by atoms with Gasteiger partial charge in [-0.2, -0.15) is 0 Å². The normalized spacial score (nSPS) is 13.7. The Balaban J connectivity index is 2.16. The van der Waals surface area contributed by atoms with Gasteiger partial charge >= 0.3 is 7.60 Å². The fraction of sp³-hybridized carbons (Fsp3) is 0.500. The zero-order chi connectivity index (χ0) is 15.5. The Morgan fingerprint density at radius 1 is 1.38 bits per heavy atom. The van der Waals surface area contributed by atoms with Crippen molar-refractivity contribution in [2.45, 2.75) is 19.2 Å². The number of aliphatic hydroxyl groups is 1. The number of nitrogens with zero attached hydrogens (tertiary/aromatic N) is 4. The molecule has 5 N–H and O–H groups in total. The average molecular weight is 317 g/mol. The quantitative estimate of drug-likeness (QED) is 0.460. The van der Waals surface area contributed by atoms with E-state index in [-0.39, 0.29) is 13.1 Å². The minimum absolute atomic E-state index is 0.147. The SMILES string of the molecule is NCc1ncnc2c1ncn2CC(CO)OCP(=O)(O)O. The summed E-state index contributed by atoms with van der Waals surface area (Å²) in [7, 11) is -4.28. The monoisotopic (exact) mass is 317 g/mol. The van der Waals surface area contributed by atoms with Gasteiger partial charge in [0.15, 0.2) is 5.65 Å². The van der Waals surface area contributed by atoms with Gasteiger partial charge in [0, 0.05) is 6.54 Å². The molecule has 116 valence electrons. The van der Waals surface area contributed by atoms with E-state index >= 15 is 0 Å². The molecule has 21 heavy (non-hydrogen) atoms. The Bertz CT molecular complexity index is 656. The molecule has 0 saturated heterocycles. The molecule has 1 unspecified atom stereocenters. The highest BCUT2D eigenvalue weighted by Gasteiger charge is 2.19. The molecule has 2 heterocycles. The van der Waals surface area contributed by atoms with E-state index in [2.05, 4.69) is 15.0 Å². The Hall–Kier alpha value is -1.42. The van der Waals surface area contributed by atoms with E-state index in [1.165, 1.54) is 12.7 Å². The van der Waals surface area contributed by atoms with E-state index in [1.807, 2.05) is 0 Å². The van der Waals surface area contributed by atoms with E-state index in [9.17, 15) is 9.67 Å². The zero-order valence-electron chi connectivity index (χ0n) is 11.0. The van der Waals surface area contributed by atoms with E-state index in [0.717, 1.165) is 0 Å². The van der Waals surface area contributed by atoms with Crippen LogP contribution in [0.3, 0.4) is 0 Å². The van der Waals surface area contributed by atoms with Gasteiger partial charge in [0.25, 0.3) is 0 Å². The molecule has 0 bridgehead atoms. The summed E-state index contributed by atoms with van der Waals surface area (Å²) in [5.41, 5.74) is 7.22. The predicted octanol–water partition coefficient (Wildman–Crippen LogP) is -1.20. The summed E-state index contributed by atoms with van der Waals surface area (Å²) >= 11 is 0. The van der Waals surface area contributed by atoms with Crippen molar-refractivity contribution in [1.29, 1.82) is 0 Å². The van der Waals surface area contributed by atoms with Gasteiger partial charge in [0.05, 0.1) is 31.3 Å². The van der Waals surface area contributed by atoms with Crippen molar-refractivity contribution in [3.05, 3.63) is 18.3 Å². The van der Waals surface area contributed by atoms with Gasteiger partial charge in [-0.3, -0.25) is 4.57 Å². The molecule has 0 amide bonds. The van der Waals surface area contributed by atoms with E-state index in [4.69, 9.17) is 20.3 Å². The molecule has 10 nitrogen and oxygen atoms in total. The third-order valence-corrected chi connectivity index (χ3v) is 3.24. The lowest BCUT2D eigenvalue weighted by Crippen LogP contribution is -2.24. The maximum atomic E-state index is 10.8. The summed E-state index contributed by atoms with van der Waals surface area (Å²) in [6, 6.07) is 0. The summed E-state index contributed by atoms with van der Waals surface area (Å²) in [6.07, 6.45) is 1.30. The first-order valence-corrected chi connectivity index (χ1v) is 7.86. The summed E-state index contributed by atoms with van der Waals surface area (Å²) in [6.45, 7) is -0.0311. The van der Waals surface area contributed by atoms with Gasteiger partial charge in [-0.25, -0.2) is 15.0 Å². The van der Waals surface area contributed by atoms with Crippen molar-refractivity contribution in [1.82, 2.24) is 19.5 Å². The van der Waals surface area contributed by atoms with Crippen molar-refractivity contribution in [3.8, 4) is 0 Å². The third kappa shape index (κ3) is 4.03. The van der Waals surface area contributed by atoms with Crippen LogP contribution in [0.15, 0.2) is 12.7 Å². The number of imidazole rings is 1. The zero-order valence-corrected chi connectivity index (χ0v) is 11.9. The summed E-state index contributed by atoms with van der Waals surface area (Å²) in [5, 5.41) is 9.23. The Morgan fingerprint density at radius 2 is 2.14 bits per heavy atom. The molecule has 0 fully saturated rings. The van der Waals surface area contributed by atoms with Crippen LogP contribution in [0.25, 0.3) is 11.2 Å². The number of ether oxygens (including phenoxy) is 1. The fourth-order valence-corrected chi connectivity index (χ4v) is 2.20. The van der Waals surface area contributed by atoms with Crippen LogP contribution >= 0.6 is 7.60 Å². The van der Waals surface area contributed by atoms with Crippen LogP contribution in [0.2, 0.25) is 0 Å². The van der Waals surface area contributed by atoms with Crippen molar-refractivity contribution in [2.75, 3.05) is 13.0 Å². The van der Waals surface area contributed by atoms with Crippen molar-refractivity contribution in [2.24, 2.45) is 5.73 Å². The minimum Gasteiger partial charge on any atom is -0.394 e. The van der Waals surface area contributed by atoms with E-state index < -0.39 is 26.7 Å². The maximum absolute atomic E-state index is 10.8. The van der Waals surface area contributed by atoms with Crippen LogP contribution in [-0.2, 0) is 22.4 Å². The van der Waals surface area contributed by atoms with Crippen LogP contribution in [-0.4, -0.2) is 53.5 Å². The van der Waals surface area contributed by atoms with Crippen molar-refractivity contribution in [3.63, 3.8) is 0 Å². The van der Waals surface area contributed by atoms with Gasteiger partial charge in [-0.1, -0.05) is 0 Å². The number of hydrogen-bond acceptors (Lipinski definition) is 7. The summed E-state index contributed by atoms with van der Waals surface area (Å²) in [5.74, 6) is 0. The van der Waals surface area contributed by atoms with Crippen molar-refractivity contribution < 1.29 is 24.2 Å². The largest absolute Gasteiger partial charge is 0.394 e. The molecular formula is C10H16N5O5P. The first-order chi connectivity index (χ1) is 9.94. The van der Waals surface area contributed by atoms with Crippen LogP contribution in [0, 0.1) is 0 Å². The molecule has 1 atom stereocenters. The lowest BCUT2D eigenvalue weighted by atomic mass is 10.3. The molecule has 0 aliphatic carbocycles. The van der Waals surface area contributed by atoms with Crippen LogP contribution in [0.5, 0.6) is 0 Å². The fourth-order valence-electron chi connectivity index (χ4n) is 1.80. The number of fused-ring (bicyclic) bond motifs is 1. The molecule has 0 aliphatic rings. The van der Waals surface area contributed by atoms with Crippen molar-refractivity contribution >= 4 is 18.8 Å². The van der Waals surface area contributed by atoms with E-state index in [0.29, 0.717) is 16.9 Å². The second-order valence-electron chi connectivity index (χ2n) is 4.36. The summed E-state index contributed by atoms with van der Waals surface area (Å²) < 4.78 is 17.4. The minimum atomic E-state index is -4.28. The molecule has 2 aromatic rings. The molecule has 0 aromatic carbocycles. The highest BCUT2D eigenvalue weighted by atomic mass is 31.2. The number of hydrogen-bond donors (Lipinski definition) is 4. The lowest BCUT2D eigenvalue weighted by Gasteiger charge is -2.16. The first kappa shape index (κ1) is 16.0. The average Bonchev–Trinajstić information content (AvgIpc) is 2.85. The molecule has 2 rings (SSSR count). The first-order valence-electron chi connectivity index (χ1n) is 6.06. The predicted molar refractivity (Wildman–Crippen MR) is 72.1 cm³/mol. The third-order valence-electron chi connectivity index (χ3n) is 2.75. The van der Waals surface area contributed by atoms with Gasteiger partial charge in [-0.15, -0.1) is 0 Å². The van der Waals surface area contributed by atoms with Gasteiger partial charge < -0.3 is 29.9 Å². The topological polar surface area (TPSA) is 157 Å². The Labute approximate surface area is 119 Å². The number of aliphatic hydroxyl groups excluding tert-OH is 1. The Morgan fingerprint density at radius 3 is 2.76 bits per heavy atom. The van der Waals surface area contributed by atoms with Gasteiger partial charge in [0.1, 0.15) is 18.2 Å². The number of rotatable bonds is 7. The van der Waals surface area contributed by atoms with Crippen LogP contribution in [0.1, 0.15) is 5.69 Å². The smallest absolute Gasteiger partial charge is 0.350 e. The second kappa shape index (κ2) is 6.56. The lowest BCUT2D eigenvalue weighted by molar-refractivity contribution is 0.0202. The molecule has 0 saturated carbocycles.